The molecule has 0 amide bonds. The van der Waals surface area contributed by atoms with Crippen molar-refractivity contribution in [2.45, 2.75) is 38.6 Å². The highest BCUT2D eigenvalue weighted by molar-refractivity contribution is 5.70. The molecule has 3 nitrogen and oxygen atoms in total. The Labute approximate surface area is 110 Å². The summed E-state index contributed by atoms with van der Waals surface area (Å²) in [5, 5.41) is 3.14. The molecule has 0 bridgehead atoms. The van der Waals surface area contributed by atoms with Crippen LogP contribution in [0.5, 0.6) is 0 Å². The van der Waals surface area contributed by atoms with Gasteiger partial charge in [0, 0.05) is 6.04 Å². The van der Waals surface area contributed by atoms with E-state index in [1.165, 1.54) is 12.7 Å². The summed E-state index contributed by atoms with van der Waals surface area (Å²) in [5.41, 5.74) is 2.55. The third-order valence-corrected chi connectivity index (χ3v) is 3.13. The summed E-state index contributed by atoms with van der Waals surface area (Å²) in [7, 11) is 3.27. The molecule has 0 aliphatic heterocycles. The van der Waals surface area contributed by atoms with Crippen molar-refractivity contribution in [1.82, 2.24) is 5.32 Å². The van der Waals surface area contributed by atoms with E-state index < -0.39 is 0 Å². The quantitative estimate of drug-likeness (QED) is 0.834. The van der Waals surface area contributed by atoms with Gasteiger partial charge >= 0.3 is 5.97 Å². The van der Waals surface area contributed by atoms with E-state index in [2.05, 4.69) is 50.4 Å². The van der Waals surface area contributed by atoms with Gasteiger partial charge in [0.05, 0.1) is 13.5 Å². The van der Waals surface area contributed by atoms with E-state index in [9.17, 15) is 4.79 Å². The van der Waals surface area contributed by atoms with Crippen LogP contribution in [0.3, 0.4) is 0 Å². The first kappa shape index (κ1) is 14.7. The highest BCUT2D eigenvalue weighted by atomic mass is 16.5. The minimum Gasteiger partial charge on any atom is -0.469 e. The lowest BCUT2D eigenvalue weighted by molar-refractivity contribution is -0.141. The van der Waals surface area contributed by atoms with Crippen molar-refractivity contribution in [2.24, 2.45) is 0 Å². The average molecular weight is 249 g/mol. The van der Waals surface area contributed by atoms with Gasteiger partial charge < -0.3 is 10.1 Å². The number of hydrogen-bond acceptors (Lipinski definition) is 3. The second-order valence-electron chi connectivity index (χ2n) is 5.49. The summed E-state index contributed by atoms with van der Waals surface area (Å²) >= 11 is 0. The second kappa shape index (κ2) is 6.01. The summed E-state index contributed by atoms with van der Waals surface area (Å²) in [4.78, 5) is 11.3. The Morgan fingerprint density at radius 3 is 2.22 bits per heavy atom. The van der Waals surface area contributed by atoms with Gasteiger partial charge in [0.2, 0.25) is 0 Å². The normalized spacial score (nSPS) is 13.2. The zero-order chi connectivity index (χ0) is 13.8. The number of carbonyl (C=O) groups excluding carboxylic acids is 1. The Morgan fingerprint density at radius 1 is 1.28 bits per heavy atom. The summed E-state index contributed by atoms with van der Waals surface area (Å²) in [5.74, 6) is -0.200. The van der Waals surface area contributed by atoms with Crippen LogP contribution in [0.2, 0.25) is 0 Å². The topological polar surface area (TPSA) is 38.3 Å². The molecule has 1 aromatic carbocycles. The van der Waals surface area contributed by atoms with Gasteiger partial charge in [0.25, 0.3) is 0 Å². The smallest absolute Gasteiger partial charge is 0.307 e. The van der Waals surface area contributed by atoms with E-state index >= 15 is 0 Å². The van der Waals surface area contributed by atoms with Crippen LogP contribution in [0.1, 0.15) is 44.4 Å². The third-order valence-electron chi connectivity index (χ3n) is 3.13. The number of rotatable bonds is 4. The van der Waals surface area contributed by atoms with Crippen molar-refractivity contribution in [3.8, 4) is 0 Å². The number of nitrogens with one attached hydrogen (secondary N) is 1. The van der Waals surface area contributed by atoms with E-state index in [0.717, 1.165) is 5.56 Å². The Kier molecular flexibility index (Phi) is 4.91. The van der Waals surface area contributed by atoms with Crippen molar-refractivity contribution < 1.29 is 9.53 Å². The van der Waals surface area contributed by atoms with Crippen LogP contribution in [0.25, 0.3) is 0 Å². The molecule has 0 aliphatic carbocycles. The molecule has 0 aliphatic rings. The van der Waals surface area contributed by atoms with Crippen LogP contribution in [0.15, 0.2) is 24.3 Å². The molecule has 0 fully saturated rings. The van der Waals surface area contributed by atoms with E-state index in [1.54, 1.807) is 0 Å². The van der Waals surface area contributed by atoms with Crippen molar-refractivity contribution >= 4 is 5.97 Å². The van der Waals surface area contributed by atoms with Crippen LogP contribution < -0.4 is 5.32 Å². The number of ether oxygens (including phenoxy) is 1. The largest absolute Gasteiger partial charge is 0.469 e. The molecular formula is C15H23NO2. The zero-order valence-corrected chi connectivity index (χ0v) is 11.9. The summed E-state index contributed by atoms with van der Waals surface area (Å²) < 4.78 is 4.70. The molecule has 0 heterocycles. The summed E-state index contributed by atoms with van der Waals surface area (Å²) in [6.07, 6.45) is 0.349. The third kappa shape index (κ3) is 3.84. The standard InChI is InChI=1S/C15H23NO2/c1-15(2,3)12-8-6-11(7-9-12)13(16-4)10-14(17)18-5/h6-9,13,16H,10H2,1-5H3. The Bertz CT molecular complexity index is 390. The lowest BCUT2D eigenvalue weighted by atomic mass is 9.86. The van der Waals surface area contributed by atoms with Crippen LogP contribution in [-0.2, 0) is 14.9 Å². The molecule has 18 heavy (non-hydrogen) atoms. The fraction of sp³-hybridized carbons (Fsp3) is 0.533. The van der Waals surface area contributed by atoms with Crippen LogP contribution >= 0.6 is 0 Å². The molecule has 1 N–H and O–H groups in total. The van der Waals surface area contributed by atoms with E-state index in [1.807, 2.05) is 7.05 Å². The van der Waals surface area contributed by atoms with Crippen molar-refractivity contribution in [2.75, 3.05) is 14.2 Å². The van der Waals surface area contributed by atoms with Gasteiger partial charge in [-0.05, 0) is 23.6 Å². The molecule has 0 saturated heterocycles. The molecule has 0 radical (unpaired) electrons. The zero-order valence-electron chi connectivity index (χ0n) is 11.9. The summed E-state index contributed by atoms with van der Waals surface area (Å²) in [6, 6.07) is 8.40. The van der Waals surface area contributed by atoms with Crippen LogP contribution in [0.4, 0.5) is 0 Å². The first-order valence-electron chi connectivity index (χ1n) is 6.23. The van der Waals surface area contributed by atoms with Gasteiger partial charge in [-0.15, -0.1) is 0 Å². The lowest BCUT2D eigenvalue weighted by Crippen LogP contribution is -2.21. The van der Waals surface area contributed by atoms with Gasteiger partial charge in [0.15, 0.2) is 0 Å². The molecule has 1 aromatic rings. The molecule has 3 heteroatoms. The predicted octanol–water partition coefficient (Wildman–Crippen LogP) is 2.81. The maximum atomic E-state index is 11.3. The SMILES string of the molecule is CNC(CC(=O)OC)c1ccc(C(C)(C)C)cc1. The molecular weight excluding hydrogens is 226 g/mol. The number of carbonyl (C=O) groups is 1. The van der Waals surface area contributed by atoms with Gasteiger partial charge in [-0.25, -0.2) is 0 Å². The molecule has 100 valence electrons. The van der Waals surface area contributed by atoms with E-state index in [0.29, 0.717) is 6.42 Å². The lowest BCUT2D eigenvalue weighted by Gasteiger charge is -2.21. The van der Waals surface area contributed by atoms with Gasteiger partial charge in [-0.1, -0.05) is 45.0 Å². The molecule has 0 aromatic heterocycles. The number of methoxy groups -OCH3 is 1. The maximum Gasteiger partial charge on any atom is 0.307 e. The first-order chi connectivity index (χ1) is 8.38. The van der Waals surface area contributed by atoms with Crippen molar-refractivity contribution in [3.05, 3.63) is 35.4 Å². The minimum absolute atomic E-state index is 0.00599. The van der Waals surface area contributed by atoms with E-state index in [4.69, 9.17) is 4.74 Å². The minimum atomic E-state index is -0.200. The Balaban J connectivity index is 2.85. The predicted molar refractivity (Wildman–Crippen MR) is 73.6 cm³/mol. The molecule has 0 spiro atoms. The number of benzene rings is 1. The van der Waals surface area contributed by atoms with Crippen molar-refractivity contribution in [3.63, 3.8) is 0 Å². The average Bonchev–Trinajstić information content (AvgIpc) is 2.34. The molecule has 0 saturated carbocycles. The number of hydrogen-bond donors (Lipinski definition) is 1. The summed E-state index contributed by atoms with van der Waals surface area (Å²) in [6.45, 7) is 6.56. The molecule has 1 rings (SSSR count). The van der Waals surface area contributed by atoms with Gasteiger partial charge in [-0.3, -0.25) is 4.79 Å². The fourth-order valence-corrected chi connectivity index (χ4v) is 1.85. The van der Waals surface area contributed by atoms with Gasteiger partial charge in [-0.2, -0.15) is 0 Å². The monoisotopic (exact) mass is 249 g/mol. The van der Waals surface area contributed by atoms with Gasteiger partial charge in [0.1, 0.15) is 0 Å². The first-order valence-corrected chi connectivity index (χ1v) is 6.23. The highest BCUT2D eigenvalue weighted by Crippen LogP contribution is 2.24. The van der Waals surface area contributed by atoms with Crippen LogP contribution in [0, 0.1) is 0 Å². The molecule has 1 atom stereocenters. The van der Waals surface area contributed by atoms with Crippen molar-refractivity contribution in [1.29, 1.82) is 0 Å². The fourth-order valence-electron chi connectivity index (χ4n) is 1.85. The second-order valence-corrected chi connectivity index (χ2v) is 5.49. The van der Waals surface area contributed by atoms with E-state index in [-0.39, 0.29) is 17.4 Å². The van der Waals surface area contributed by atoms with Crippen LogP contribution in [-0.4, -0.2) is 20.1 Å². The Morgan fingerprint density at radius 2 is 1.83 bits per heavy atom. The number of esters is 1. The maximum absolute atomic E-state index is 11.3. The Hall–Kier alpha value is -1.35. The highest BCUT2D eigenvalue weighted by Gasteiger charge is 2.17. The molecule has 1 unspecified atom stereocenters.